The number of benzene rings is 1. The third-order valence-corrected chi connectivity index (χ3v) is 4.09. The zero-order valence-corrected chi connectivity index (χ0v) is 11.8. The van der Waals surface area contributed by atoms with Crippen LogP contribution in [0, 0.1) is 0 Å². The summed E-state index contributed by atoms with van der Waals surface area (Å²) in [5.74, 6) is 0. The number of rotatable bonds is 3. The van der Waals surface area contributed by atoms with Crippen LogP contribution in [0.2, 0.25) is 0 Å². The van der Waals surface area contributed by atoms with Gasteiger partial charge < -0.3 is 10.4 Å². The van der Waals surface area contributed by atoms with Gasteiger partial charge in [-0.1, -0.05) is 40.9 Å². The van der Waals surface area contributed by atoms with Gasteiger partial charge in [-0.05, 0) is 37.5 Å². The monoisotopic (exact) mass is 297 g/mol. The molecular formula is C14H20BrNO. The lowest BCUT2D eigenvalue weighted by atomic mass is 9.91. The van der Waals surface area contributed by atoms with Crippen LogP contribution in [0.5, 0.6) is 0 Å². The summed E-state index contributed by atoms with van der Waals surface area (Å²) >= 11 is 3.44. The second-order valence-corrected chi connectivity index (χ2v) is 5.81. The molecule has 2 nitrogen and oxygen atoms in total. The van der Waals surface area contributed by atoms with Gasteiger partial charge in [0.2, 0.25) is 0 Å². The summed E-state index contributed by atoms with van der Waals surface area (Å²) in [5, 5.41) is 13.5. The molecule has 0 radical (unpaired) electrons. The van der Waals surface area contributed by atoms with Crippen molar-refractivity contribution in [3.63, 3.8) is 0 Å². The van der Waals surface area contributed by atoms with Gasteiger partial charge in [-0.3, -0.25) is 0 Å². The molecular weight excluding hydrogens is 278 g/mol. The molecule has 94 valence electrons. The average Bonchev–Trinajstić information content (AvgIpc) is 2.33. The fourth-order valence-electron chi connectivity index (χ4n) is 2.47. The minimum absolute atomic E-state index is 0.179. The highest BCUT2D eigenvalue weighted by Gasteiger charge is 2.24. The van der Waals surface area contributed by atoms with E-state index in [-0.39, 0.29) is 12.1 Å². The van der Waals surface area contributed by atoms with Crippen LogP contribution >= 0.6 is 15.9 Å². The molecule has 0 aromatic heterocycles. The Morgan fingerprint density at radius 1 is 1.24 bits per heavy atom. The van der Waals surface area contributed by atoms with Gasteiger partial charge in [-0.2, -0.15) is 0 Å². The van der Waals surface area contributed by atoms with Crippen LogP contribution in [0.3, 0.4) is 0 Å². The maximum Gasteiger partial charge on any atom is 0.0693 e. The third-order valence-electron chi connectivity index (χ3n) is 3.56. The zero-order valence-electron chi connectivity index (χ0n) is 10.2. The van der Waals surface area contributed by atoms with Crippen molar-refractivity contribution in [2.75, 3.05) is 0 Å². The van der Waals surface area contributed by atoms with Crippen LogP contribution in [0.1, 0.15) is 44.2 Å². The van der Waals surface area contributed by atoms with Crippen molar-refractivity contribution in [1.29, 1.82) is 0 Å². The van der Waals surface area contributed by atoms with E-state index in [1.165, 1.54) is 12.0 Å². The average molecular weight is 298 g/mol. The van der Waals surface area contributed by atoms with Gasteiger partial charge in [0.1, 0.15) is 0 Å². The number of halogens is 1. The van der Waals surface area contributed by atoms with Gasteiger partial charge in [-0.15, -0.1) is 0 Å². The molecule has 3 atom stereocenters. The molecule has 0 spiro atoms. The summed E-state index contributed by atoms with van der Waals surface area (Å²) in [4.78, 5) is 0. The van der Waals surface area contributed by atoms with Gasteiger partial charge in [0.05, 0.1) is 6.10 Å². The minimum atomic E-state index is -0.179. The van der Waals surface area contributed by atoms with E-state index < -0.39 is 0 Å². The Kier molecular flexibility index (Phi) is 4.60. The van der Waals surface area contributed by atoms with Crippen LogP contribution < -0.4 is 5.32 Å². The van der Waals surface area contributed by atoms with Crippen molar-refractivity contribution in [1.82, 2.24) is 5.32 Å². The van der Waals surface area contributed by atoms with Crippen LogP contribution in [-0.2, 0) is 0 Å². The summed E-state index contributed by atoms with van der Waals surface area (Å²) in [6, 6.07) is 8.91. The third kappa shape index (κ3) is 3.54. The van der Waals surface area contributed by atoms with E-state index in [9.17, 15) is 5.11 Å². The first-order valence-electron chi connectivity index (χ1n) is 6.36. The van der Waals surface area contributed by atoms with Crippen molar-refractivity contribution in [3.8, 4) is 0 Å². The molecule has 1 aromatic carbocycles. The van der Waals surface area contributed by atoms with E-state index in [0.717, 1.165) is 23.7 Å². The summed E-state index contributed by atoms with van der Waals surface area (Å²) in [6.45, 7) is 2.16. The highest BCUT2D eigenvalue weighted by Crippen LogP contribution is 2.22. The van der Waals surface area contributed by atoms with Crippen LogP contribution in [0.4, 0.5) is 0 Å². The van der Waals surface area contributed by atoms with E-state index in [4.69, 9.17) is 0 Å². The first kappa shape index (κ1) is 13.1. The molecule has 0 saturated heterocycles. The van der Waals surface area contributed by atoms with Crippen molar-refractivity contribution in [2.24, 2.45) is 0 Å². The summed E-state index contributed by atoms with van der Waals surface area (Å²) < 4.78 is 1.10. The number of nitrogens with one attached hydrogen (secondary N) is 1. The molecule has 17 heavy (non-hydrogen) atoms. The first-order chi connectivity index (χ1) is 8.16. The van der Waals surface area contributed by atoms with E-state index in [1.807, 2.05) is 0 Å². The summed E-state index contributed by atoms with van der Waals surface area (Å²) in [7, 11) is 0. The fourth-order valence-corrected chi connectivity index (χ4v) is 2.74. The number of aliphatic hydroxyl groups is 1. The van der Waals surface area contributed by atoms with Gasteiger partial charge in [-0.25, -0.2) is 0 Å². The van der Waals surface area contributed by atoms with Gasteiger partial charge in [0.15, 0.2) is 0 Å². The SMILES string of the molecule is CC(N[C@@H]1CCCC[C@H]1O)c1ccc(Br)cc1. The van der Waals surface area contributed by atoms with E-state index in [0.29, 0.717) is 6.04 Å². The van der Waals surface area contributed by atoms with E-state index in [2.05, 4.69) is 52.4 Å². The smallest absolute Gasteiger partial charge is 0.0693 e. The van der Waals surface area contributed by atoms with Gasteiger partial charge in [0.25, 0.3) is 0 Å². The first-order valence-corrected chi connectivity index (χ1v) is 7.15. The molecule has 1 aliphatic rings. The Balaban J connectivity index is 1.95. The quantitative estimate of drug-likeness (QED) is 0.896. The molecule has 1 aliphatic carbocycles. The van der Waals surface area contributed by atoms with Crippen LogP contribution in [0.15, 0.2) is 28.7 Å². The highest BCUT2D eigenvalue weighted by atomic mass is 79.9. The maximum absolute atomic E-state index is 9.94. The van der Waals surface area contributed by atoms with E-state index in [1.54, 1.807) is 0 Å². The molecule has 3 heteroatoms. The fraction of sp³-hybridized carbons (Fsp3) is 0.571. The molecule has 0 bridgehead atoms. The summed E-state index contributed by atoms with van der Waals surface area (Å²) in [5.41, 5.74) is 1.27. The second kappa shape index (κ2) is 5.98. The molecule has 1 saturated carbocycles. The standard InChI is InChI=1S/C14H20BrNO/c1-10(11-6-8-12(15)9-7-11)16-13-4-2-3-5-14(13)17/h6-10,13-14,16-17H,2-5H2,1H3/t10?,13-,14-/m1/s1. The molecule has 2 rings (SSSR count). The number of hydrogen-bond donors (Lipinski definition) is 2. The minimum Gasteiger partial charge on any atom is -0.392 e. The maximum atomic E-state index is 9.94. The topological polar surface area (TPSA) is 32.3 Å². The largest absolute Gasteiger partial charge is 0.392 e. The Labute approximate surface area is 112 Å². The van der Waals surface area contributed by atoms with Crippen molar-refractivity contribution in [3.05, 3.63) is 34.3 Å². The molecule has 1 fully saturated rings. The lowest BCUT2D eigenvalue weighted by Crippen LogP contribution is -2.43. The second-order valence-electron chi connectivity index (χ2n) is 4.90. The molecule has 1 unspecified atom stereocenters. The van der Waals surface area contributed by atoms with Crippen molar-refractivity contribution in [2.45, 2.75) is 50.8 Å². The molecule has 0 aliphatic heterocycles. The van der Waals surface area contributed by atoms with Crippen LogP contribution in [-0.4, -0.2) is 17.3 Å². The van der Waals surface area contributed by atoms with Crippen molar-refractivity contribution < 1.29 is 5.11 Å². The number of hydrogen-bond acceptors (Lipinski definition) is 2. The Bertz CT molecular complexity index is 352. The number of aliphatic hydroxyl groups excluding tert-OH is 1. The molecule has 0 amide bonds. The Morgan fingerprint density at radius 3 is 2.53 bits per heavy atom. The predicted octanol–water partition coefficient (Wildman–Crippen LogP) is 3.40. The highest BCUT2D eigenvalue weighted by molar-refractivity contribution is 9.10. The molecule has 2 N–H and O–H groups in total. The van der Waals surface area contributed by atoms with Crippen LogP contribution in [0.25, 0.3) is 0 Å². The normalized spacial score (nSPS) is 26.8. The van der Waals surface area contributed by atoms with Crippen molar-refractivity contribution >= 4 is 15.9 Å². The molecule has 1 aromatic rings. The Hall–Kier alpha value is -0.380. The lowest BCUT2D eigenvalue weighted by molar-refractivity contribution is 0.0860. The zero-order chi connectivity index (χ0) is 12.3. The molecule has 0 heterocycles. The summed E-state index contributed by atoms with van der Waals surface area (Å²) in [6.07, 6.45) is 4.22. The lowest BCUT2D eigenvalue weighted by Gasteiger charge is -2.31. The Morgan fingerprint density at radius 2 is 1.88 bits per heavy atom. The predicted molar refractivity (Wildman–Crippen MR) is 74.0 cm³/mol. The van der Waals surface area contributed by atoms with E-state index >= 15 is 0 Å². The van der Waals surface area contributed by atoms with Gasteiger partial charge in [0, 0.05) is 16.6 Å². The van der Waals surface area contributed by atoms with Gasteiger partial charge >= 0.3 is 0 Å².